The highest BCUT2D eigenvalue weighted by Crippen LogP contribution is 2.11. The number of aliphatic hydroxyl groups excluding tert-OH is 1. The van der Waals surface area contributed by atoms with Crippen LogP contribution in [0.4, 0.5) is 8.78 Å². The number of nitrogens with one attached hydrogen (secondary N) is 1. The molecule has 1 aromatic rings. The quantitative estimate of drug-likeness (QED) is 0.717. The fourth-order valence-corrected chi connectivity index (χ4v) is 1.27. The number of nitrogens with zero attached hydrogens (tertiary/aromatic N) is 2. The minimum absolute atomic E-state index is 0.122. The van der Waals surface area contributed by atoms with Crippen molar-refractivity contribution in [2.24, 2.45) is 0 Å². The highest BCUT2D eigenvalue weighted by atomic mass is 19.3. The molecule has 1 heterocycles. The third kappa shape index (κ3) is 3.51. The van der Waals surface area contributed by atoms with Crippen molar-refractivity contribution in [2.45, 2.75) is 19.1 Å². The summed E-state index contributed by atoms with van der Waals surface area (Å²) >= 11 is 0. The first kappa shape index (κ1) is 13.0. The molecule has 2 N–H and O–H groups in total. The predicted octanol–water partition coefficient (Wildman–Crippen LogP) is 0.375. The van der Waals surface area contributed by atoms with Crippen LogP contribution in [-0.4, -0.2) is 41.0 Å². The lowest BCUT2D eigenvalue weighted by Gasteiger charge is -2.15. The first-order chi connectivity index (χ1) is 7.69. The van der Waals surface area contributed by atoms with Crippen molar-refractivity contribution in [3.63, 3.8) is 0 Å². The first-order valence-corrected chi connectivity index (χ1v) is 4.82. The van der Waals surface area contributed by atoms with E-state index >= 15 is 0 Å². The van der Waals surface area contributed by atoms with Crippen LogP contribution in [0.15, 0.2) is 12.4 Å². The molecule has 0 aliphatic heterocycles. The lowest BCUT2D eigenvalue weighted by molar-refractivity contribution is 0.0657. The smallest absolute Gasteiger partial charge is 0.319 e. The summed E-state index contributed by atoms with van der Waals surface area (Å²) in [5.74, 6) is 0.226. The van der Waals surface area contributed by atoms with Gasteiger partial charge in [-0.2, -0.15) is 8.78 Å². The number of hydrogen-bond acceptors (Lipinski definition) is 4. The van der Waals surface area contributed by atoms with Crippen LogP contribution in [0.25, 0.3) is 0 Å². The zero-order chi connectivity index (χ0) is 12.0. The van der Waals surface area contributed by atoms with E-state index in [4.69, 9.17) is 9.84 Å². The highest BCUT2D eigenvalue weighted by Gasteiger charge is 2.13. The fraction of sp³-hybridized carbons (Fsp3) is 0.667. The number of aliphatic hydroxyl groups is 1. The average Bonchev–Trinajstić information content (AvgIpc) is 2.72. The van der Waals surface area contributed by atoms with Gasteiger partial charge in [0.25, 0.3) is 0 Å². The topological polar surface area (TPSA) is 59.3 Å². The van der Waals surface area contributed by atoms with Crippen molar-refractivity contribution in [3.8, 4) is 0 Å². The molecule has 16 heavy (non-hydrogen) atoms. The molecule has 1 unspecified atom stereocenters. The number of imidazole rings is 1. The van der Waals surface area contributed by atoms with Gasteiger partial charge in [-0.05, 0) is 0 Å². The summed E-state index contributed by atoms with van der Waals surface area (Å²) < 4.78 is 30.5. The van der Waals surface area contributed by atoms with Gasteiger partial charge < -0.3 is 15.2 Å². The van der Waals surface area contributed by atoms with Crippen molar-refractivity contribution in [3.05, 3.63) is 18.2 Å². The minimum Gasteiger partial charge on any atom is -0.395 e. The van der Waals surface area contributed by atoms with E-state index in [1.165, 1.54) is 19.5 Å². The Kier molecular flexibility index (Phi) is 5.30. The monoisotopic (exact) mass is 235 g/mol. The first-order valence-electron chi connectivity index (χ1n) is 4.82. The van der Waals surface area contributed by atoms with Gasteiger partial charge in [-0.15, -0.1) is 0 Å². The van der Waals surface area contributed by atoms with Crippen LogP contribution in [-0.2, 0) is 11.3 Å². The van der Waals surface area contributed by atoms with Crippen LogP contribution < -0.4 is 5.32 Å². The molecular weight excluding hydrogens is 220 g/mol. The molecule has 7 heteroatoms. The van der Waals surface area contributed by atoms with Crippen molar-refractivity contribution in [2.75, 3.05) is 20.3 Å². The van der Waals surface area contributed by atoms with Crippen LogP contribution in [0.1, 0.15) is 12.4 Å². The SMILES string of the molecule is COCC(CO)NCc1nccn1C(F)F. The number of aromatic nitrogens is 2. The molecule has 0 aliphatic rings. The van der Waals surface area contributed by atoms with Crippen LogP contribution in [0.5, 0.6) is 0 Å². The Morgan fingerprint density at radius 3 is 2.94 bits per heavy atom. The summed E-state index contributed by atoms with van der Waals surface area (Å²) in [5, 5.41) is 11.8. The number of halogens is 2. The Hall–Kier alpha value is -1.05. The average molecular weight is 235 g/mol. The number of methoxy groups -OCH3 is 1. The lowest BCUT2D eigenvalue weighted by atomic mass is 10.3. The zero-order valence-electron chi connectivity index (χ0n) is 8.94. The number of ether oxygens (including phenoxy) is 1. The molecule has 0 aromatic carbocycles. The summed E-state index contributed by atoms with van der Waals surface area (Å²) in [6.07, 6.45) is 2.53. The maximum atomic E-state index is 12.4. The summed E-state index contributed by atoms with van der Waals surface area (Å²) in [7, 11) is 1.50. The largest absolute Gasteiger partial charge is 0.395 e. The standard InChI is InChI=1S/C9H15F2N3O2/c1-16-6-7(5-15)13-4-8-12-2-3-14(8)9(10)11/h2-3,7,9,13,15H,4-6H2,1H3. The van der Waals surface area contributed by atoms with E-state index in [0.717, 1.165) is 4.57 Å². The fourth-order valence-electron chi connectivity index (χ4n) is 1.27. The van der Waals surface area contributed by atoms with Gasteiger partial charge in [-0.25, -0.2) is 4.98 Å². The van der Waals surface area contributed by atoms with E-state index in [9.17, 15) is 8.78 Å². The third-order valence-corrected chi connectivity index (χ3v) is 2.10. The molecule has 1 rings (SSSR count). The van der Waals surface area contributed by atoms with Crippen molar-refractivity contribution in [1.29, 1.82) is 0 Å². The predicted molar refractivity (Wildman–Crippen MR) is 53.1 cm³/mol. The Labute approximate surface area is 92.0 Å². The van der Waals surface area contributed by atoms with Crippen molar-refractivity contribution >= 4 is 0 Å². The molecule has 0 aliphatic carbocycles. The second kappa shape index (κ2) is 6.51. The van der Waals surface area contributed by atoms with Crippen LogP contribution in [0.2, 0.25) is 0 Å². The van der Waals surface area contributed by atoms with Gasteiger partial charge >= 0.3 is 6.55 Å². The van der Waals surface area contributed by atoms with Gasteiger partial charge in [0.15, 0.2) is 0 Å². The normalized spacial score (nSPS) is 13.3. The molecule has 5 nitrogen and oxygen atoms in total. The maximum Gasteiger partial charge on any atom is 0.319 e. The number of rotatable bonds is 7. The number of hydrogen-bond donors (Lipinski definition) is 2. The van der Waals surface area contributed by atoms with Gasteiger partial charge in [-0.3, -0.25) is 4.57 Å². The van der Waals surface area contributed by atoms with Crippen LogP contribution in [0, 0.1) is 0 Å². The summed E-state index contributed by atoms with van der Waals surface area (Å²) in [6, 6.07) is -0.284. The Morgan fingerprint density at radius 1 is 1.62 bits per heavy atom. The molecular formula is C9H15F2N3O2. The molecule has 1 aromatic heterocycles. The molecule has 1 atom stereocenters. The number of alkyl halides is 2. The van der Waals surface area contributed by atoms with Gasteiger partial charge in [-0.1, -0.05) is 0 Å². The molecule has 92 valence electrons. The van der Waals surface area contributed by atoms with E-state index in [1.807, 2.05) is 0 Å². The highest BCUT2D eigenvalue weighted by molar-refractivity contribution is 4.92. The van der Waals surface area contributed by atoms with E-state index in [-0.39, 0.29) is 25.0 Å². The second-order valence-corrected chi connectivity index (χ2v) is 3.24. The third-order valence-electron chi connectivity index (χ3n) is 2.10. The van der Waals surface area contributed by atoms with Gasteiger partial charge in [0.05, 0.1) is 25.8 Å². The van der Waals surface area contributed by atoms with E-state index in [1.54, 1.807) is 0 Å². The van der Waals surface area contributed by atoms with Gasteiger partial charge in [0, 0.05) is 19.5 Å². The lowest BCUT2D eigenvalue weighted by Crippen LogP contribution is -2.36. The van der Waals surface area contributed by atoms with E-state index in [2.05, 4.69) is 10.3 Å². The van der Waals surface area contributed by atoms with Crippen molar-refractivity contribution < 1.29 is 18.6 Å². The molecule has 0 saturated heterocycles. The molecule has 0 bridgehead atoms. The van der Waals surface area contributed by atoms with Crippen molar-refractivity contribution in [1.82, 2.24) is 14.9 Å². The minimum atomic E-state index is -2.60. The van der Waals surface area contributed by atoms with Crippen LogP contribution in [0.3, 0.4) is 0 Å². The Morgan fingerprint density at radius 2 is 2.38 bits per heavy atom. The second-order valence-electron chi connectivity index (χ2n) is 3.24. The Bertz CT molecular complexity index is 307. The summed E-state index contributed by atoms with van der Waals surface area (Å²) in [6.45, 7) is -2.25. The van der Waals surface area contributed by atoms with E-state index < -0.39 is 6.55 Å². The molecule has 0 amide bonds. The molecule has 0 radical (unpaired) electrons. The Balaban J connectivity index is 2.49. The van der Waals surface area contributed by atoms with Crippen LogP contribution >= 0.6 is 0 Å². The summed E-state index contributed by atoms with van der Waals surface area (Å²) in [5.41, 5.74) is 0. The molecule has 0 saturated carbocycles. The molecule has 0 spiro atoms. The zero-order valence-corrected chi connectivity index (χ0v) is 8.94. The van der Waals surface area contributed by atoms with Gasteiger partial charge in [0.1, 0.15) is 5.82 Å². The maximum absolute atomic E-state index is 12.4. The summed E-state index contributed by atoms with van der Waals surface area (Å²) in [4.78, 5) is 3.80. The van der Waals surface area contributed by atoms with Gasteiger partial charge in [0.2, 0.25) is 0 Å². The van der Waals surface area contributed by atoms with E-state index in [0.29, 0.717) is 6.61 Å². The molecule has 0 fully saturated rings.